The van der Waals surface area contributed by atoms with Gasteiger partial charge in [-0.05, 0) is 6.58 Å². The van der Waals surface area contributed by atoms with E-state index in [0.29, 0.717) is 0 Å². The molecule has 1 aromatic heterocycles. The van der Waals surface area contributed by atoms with Gasteiger partial charge in [0, 0.05) is 18.6 Å². The summed E-state index contributed by atoms with van der Waals surface area (Å²) in [4.78, 5) is 0. The van der Waals surface area contributed by atoms with Crippen molar-refractivity contribution in [1.29, 1.82) is 0 Å². The second-order valence-corrected chi connectivity index (χ2v) is 2.20. The molecule has 0 aliphatic rings. The van der Waals surface area contributed by atoms with Gasteiger partial charge in [0.1, 0.15) is 0 Å². The predicted molar refractivity (Wildman–Crippen MR) is 42.3 cm³/mol. The van der Waals surface area contributed by atoms with E-state index in [-0.39, 0.29) is 17.0 Å². The van der Waals surface area contributed by atoms with Gasteiger partial charge in [-0.15, -0.1) is 0 Å². The number of aromatic nitrogens is 1. The Hall–Kier alpha value is -0.630. The maximum atomic E-state index is 3.91. The summed E-state index contributed by atoms with van der Waals surface area (Å²) in [5, 5.41) is 0. The highest BCUT2D eigenvalue weighted by molar-refractivity contribution is 5.25. The largest absolute Gasteiger partial charge is 1.00 e. The lowest BCUT2D eigenvalue weighted by Gasteiger charge is -1.92. The van der Waals surface area contributed by atoms with E-state index in [1.165, 1.54) is 0 Å². The summed E-state index contributed by atoms with van der Waals surface area (Å²) < 4.78 is 2.03. The summed E-state index contributed by atoms with van der Waals surface area (Å²) in [6.07, 6.45) is 5.01. The summed E-state index contributed by atoms with van der Waals surface area (Å²) in [6, 6.07) is 6.00. The zero-order chi connectivity index (χ0) is 7.40. The van der Waals surface area contributed by atoms with Gasteiger partial charge in [-0.2, -0.15) is 4.57 Å². The van der Waals surface area contributed by atoms with Crippen molar-refractivity contribution >= 4 is 5.70 Å². The van der Waals surface area contributed by atoms with Crippen molar-refractivity contribution in [1.82, 2.24) is 0 Å². The smallest absolute Gasteiger partial charge is 0.179 e. The van der Waals surface area contributed by atoms with Crippen molar-refractivity contribution < 1.29 is 21.5 Å². The molecule has 1 aromatic rings. The summed E-state index contributed by atoms with van der Waals surface area (Å²) in [7, 11) is 0. The van der Waals surface area contributed by atoms with Crippen molar-refractivity contribution in [2.24, 2.45) is 0 Å². The molecule has 0 N–H and O–H groups in total. The van der Waals surface area contributed by atoms with Crippen LogP contribution < -0.4 is 21.5 Å². The molecule has 11 heavy (non-hydrogen) atoms. The van der Waals surface area contributed by atoms with Crippen LogP contribution in [0, 0.1) is 0 Å². The molecular formula is C9H12BrN. The molecule has 0 aliphatic heterocycles. The van der Waals surface area contributed by atoms with Crippen LogP contribution in [0.4, 0.5) is 0 Å². The van der Waals surface area contributed by atoms with Crippen molar-refractivity contribution in [2.75, 3.05) is 0 Å². The summed E-state index contributed by atoms with van der Waals surface area (Å²) in [5.41, 5.74) is 1.13. The lowest BCUT2D eigenvalue weighted by Crippen LogP contribution is -3.00. The first-order valence-electron chi connectivity index (χ1n) is 3.49. The Bertz CT molecular complexity index is 218. The second-order valence-electron chi connectivity index (χ2n) is 2.20. The van der Waals surface area contributed by atoms with Gasteiger partial charge in [-0.1, -0.05) is 13.0 Å². The minimum Gasteiger partial charge on any atom is -1.00 e. The lowest BCUT2D eigenvalue weighted by molar-refractivity contribution is -0.582. The topological polar surface area (TPSA) is 3.88 Å². The highest BCUT2D eigenvalue weighted by Crippen LogP contribution is 1.93. The third-order valence-electron chi connectivity index (χ3n) is 1.49. The minimum absolute atomic E-state index is 0. The van der Waals surface area contributed by atoms with Crippen molar-refractivity contribution in [3.8, 4) is 0 Å². The highest BCUT2D eigenvalue weighted by Gasteiger charge is 1.99. The fourth-order valence-corrected chi connectivity index (χ4v) is 0.792. The van der Waals surface area contributed by atoms with E-state index in [1.54, 1.807) is 0 Å². The predicted octanol–water partition coefficient (Wildman–Crippen LogP) is -1.14. The van der Waals surface area contributed by atoms with Gasteiger partial charge < -0.3 is 17.0 Å². The van der Waals surface area contributed by atoms with Crippen LogP contribution in [0.2, 0.25) is 0 Å². The Balaban J connectivity index is 0.000001000. The Labute approximate surface area is 78.1 Å². The van der Waals surface area contributed by atoms with Crippen LogP contribution in [0.1, 0.15) is 13.3 Å². The Morgan fingerprint density at radius 1 is 1.27 bits per heavy atom. The third-order valence-corrected chi connectivity index (χ3v) is 1.49. The molecule has 0 aliphatic carbocycles. The van der Waals surface area contributed by atoms with Crippen LogP contribution in [0.25, 0.3) is 5.70 Å². The normalized spacial score (nSPS) is 8.45. The van der Waals surface area contributed by atoms with E-state index < -0.39 is 0 Å². The van der Waals surface area contributed by atoms with Gasteiger partial charge in [0.15, 0.2) is 18.1 Å². The summed E-state index contributed by atoms with van der Waals surface area (Å²) in [5.74, 6) is 0. The molecule has 2 heteroatoms. The number of nitrogens with zero attached hydrogens (tertiary/aromatic N) is 1. The van der Waals surface area contributed by atoms with Crippen molar-refractivity contribution in [2.45, 2.75) is 13.3 Å². The van der Waals surface area contributed by atoms with E-state index in [0.717, 1.165) is 12.1 Å². The molecule has 0 saturated carbocycles. The van der Waals surface area contributed by atoms with Crippen LogP contribution in [0.15, 0.2) is 37.2 Å². The Morgan fingerprint density at radius 2 is 1.82 bits per heavy atom. The maximum absolute atomic E-state index is 3.91. The van der Waals surface area contributed by atoms with Crippen LogP contribution in [0.5, 0.6) is 0 Å². The molecule has 0 saturated heterocycles. The van der Waals surface area contributed by atoms with Gasteiger partial charge in [0.2, 0.25) is 0 Å². The molecule has 0 bridgehead atoms. The van der Waals surface area contributed by atoms with Crippen LogP contribution in [0.3, 0.4) is 0 Å². The first kappa shape index (κ1) is 10.4. The molecule has 1 rings (SSSR count). The van der Waals surface area contributed by atoms with Crippen molar-refractivity contribution in [3.63, 3.8) is 0 Å². The van der Waals surface area contributed by atoms with Crippen LogP contribution in [-0.2, 0) is 0 Å². The standard InChI is InChI=1S/C9H12N.BrH/c1-3-9(2)10-7-5-4-6-8-10;/h4-8H,2-3H2,1H3;1H/q+1;/p-1. The first-order chi connectivity index (χ1) is 4.84. The number of halogens is 1. The molecule has 0 atom stereocenters. The number of rotatable bonds is 2. The fourth-order valence-electron chi connectivity index (χ4n) is 0.792. The number of pyridine rings is 1. The molecule has 1 heterocycles. The Morgan fingerprint density at radius 3 is 2.27 bits per heavy atom. The average molecular weight is 214 g/mol. The van der Waals surface area contributed by atoms with E-state index in [4.69, 9.17) is 0 Å². The molecule has 0 radical (unpaired) electrons. The first-order valence-corrected chi connectivity index (χ1v) is 3.49. The van der Waals surface area contributed by atoms with E-state index in [9.17, 15) is 0 Å². The van der Waals surface area contributed by atoms with Gasteiger partial charge in [-0.3, -0.25) is 0 Å². The van der Waals surface area contributed by atoms with Gasteiger partial charge in [0.05, 0.1) is 0 Å². The van der Waals surface area contributed by atoms with E-state index in [1.807, 2.05) is 35.2 Å². The maximum Gasteiger partial charge on any atom is 0.179 e. The zero-order valence-electron chi connectivity index (χ0n) is 6.63. The molecule has 1 nitrogen and oxygen atoms in total. The number of allylic oxidation sites excluding steroid dienone is 1. The summed E-state index contributed by atoms with van der Waals surface area (Å²) in [6.45, 7) is 6.01. The SMILES string of the molecule is C=C(CC)[n+]1ccccc1.[Br-]. The summed E-state index contributed by atoms with van der Waals surface area (Å²) >= 11 is 0. The Kier molecular flexibility index (Phi) is 4.79. The molecule has 0 unspecified atom stereocenters. The quantitative estimate of drug-likeness (QED) is 0.548. The highest BCUT2D eigenvalue weighted by atomic mass is 79.9. The monoisotopic (exact) mass is 213 g/mol. The zero-order valence-corrected chi connectivity index (χ0v) is 8.21. The fraction of sp³-hybridized carbons (Fsp3) is 0.222. The van der Waals surface area contributed by atoms with Crippen molar-refractivity contribution in [3.05, 3.63) is 37.2 Å². The molecular weight excluding hydrogens is 202 g/mol. The van der Waals surface area contributed by atoms with Gasteiger partial charge in [0.25, 0.3) is 0 Å². The molecule has 60 valence electrons. The second kappa shape index (κ2) is 5.08. The van der Waals surface area contributed by atoms with Gasteiger partial charge >= 0.3 is 0 Å². The molecule has 0 spiro atoms. The van der Waals surface area contributed by atoms with E-state index in [2.05, 4.69) is 13.5 Å². The van der Waals surface area contributed by atoms with Crippen LogP contribution >= 0.6 is 0 Å². The minimum atomic E-state index is 0. The van der Waals surface area contributed by atoms with Gasteiger partial charge in [-0.25, -0.2) is 0 Å². The molecule has 0 amide bonds. The lowest BCUT2D eigenvalue weighted by atomic mass is 10.3. The number of hydrogen-bond donors (Lipinski definition) is 0. The van der Waals surface area contributed by atoms with E-state index >= 15 is 0 Å². The molecule has 0 aromatic carbocycles. The van der Waals surface area contributed by atoms with Crippen LogP contribution in [-0.4, -0.2) is 0 Å². The average Bonchev–Trinajstić information content (AvgIpc) is 2.05. The number of hydrogen-bond acceptors (Lipinski definition) is 0. The molecule has 0 fully saturated rings. The third kappa shape index (κ3) is 2.85.